The van der Waals surface area contributed by atoms with Crippen molar-refractivity contribution in [3.8, 4) is 11.5 Å². The zero-order valence-electron chi connectivity index (χ0n) is 13.9. The molecule has 0 saturated carbocycles. The highest BCUT2D eigenvalue weighted by molar-refractivity contribution is 7.17. The van der Waals surface area contributed by atoms with Gasteiger partial charge < -0.3 is 20.1 Å². The van der Waals surface area contributed by atoms with Crippen LogP contribution in [0.5, 0.6) is 11.5 Å². The van der Waals surface area contributed by atoms with Crippen LogP contribution in [-0.4, -0.2) is 17.7 Å². The summed E-state index contributed by atoms with van der Waals surface area (Å²) in [6, 6.07) is 15.6. The van der Waals surface area contributed by atoms with E-state index < -0.39 is 0 Å². The first-order valence-corrected chi connectivity index (χ1v) is 9.00. The Morgan fingerprint density at radius 3 is 2.77 bits per heavy atom. The highest BCUT2D eigenvalue weighted by Gasteiger charge is 2.14. The SMILES string of the molecule is O=C(NCc1ccccc1)c1cnc(NCc2ccc3c(c2)OCO3)s1. The highest BCUT2D eigenvalue weighted by Crippen LogP contribution is 2.32. The third-order valence-corrected chi connectivity index (χ3v) is 4.86. The Morgan fingerprint density at radius 2 is 1.88 bits per heavy atom. The number of nitrogens with zero attached hydrogens (tertiary/aromatic N) is 1. The lowest BCUT2D eigenvalue weighted by molar-refractivity contribution is 0.0954. The second-order valence-electron chi connectivity index (χ2n) is 5.74. The van der Waals surface area contributed by atoms with Gasteiger partial charge in [0.15, 0.2) is 16.6 Å². The number of fused-ring (bicyclic) bond motifs is 1. The molecule has 1 aliphatic heterocycles. The lowest BCUT2D eigenvalue weighted by Gasteiger charge is -2.04. The molecule has 6 nitrogen and oxygen atoms in total. The largest absolute Gasteiger partial charge is 0.454 e. The van der Waals surface area contributed by atoms with Crippen LogP contribution in [0.3, 0.4) is 0 Å². The number of hydrogen-bond donors (Lipinski definition) is 2. The fourth-order valence-electron chi connectivity index (χ4n) is 2.55. The molecule has 1 aliphatic rings. The van der Waals surface area contributed by atoms with Crippen molar-refractivity contribution in [3.63, 3.8) is 0 Å². The first kappa shape index (κ1) is 16.4. The average Bonchev–Trinajstić information content (AvgIpc) is 3.34. The molecule has 0 bridgehead atoms. The van der Waals surface area contributed by atoms with E-state index in [4.69, 9.17) is 9.47 Å². The number of benzene rings is 2. The maximum absolute atomic E-state index is 12.2. The average molecular weight is 367 g/mol. The summed E-state index contributed by atoms with van der Waals surface area (Å²) in [5.41, 5.74) is 2.12. The molecule has 1 amide bonds. The number of nitrogens with one attached hydrogen (secondary N) is 2. The van der Waals surface area contributed by atoms with E-state index in [1.54, 1.807) is 6.20 Å². The number of ether oxygens (including phenoxy) is 2. The molecule has 0 fully saturated rings. The molecular weight excluding hydrogens is 350 g/mol. The molecule has 0 aliphatic carbocycles. The van der Waals surface area contributed by atoms with Gasteiger partial charge in [0.1, 0.15) is 4.88 Å². The van der Waals surface area contributed by atoms with Crippen LogP contribution < -0.4 is 20.1 Å². The van der Waals surface area contributed by atoms with Crippen molar-refractivity contribution in [1.82, 2.24) is 10.3 Å². The summed E-state index contributed by atoms with van der Waals surface area (Å²) < 4.78 is 10.7. The zero-order valence-corrected chi connectivity index (χ0v) is 14.7. The Hall–Kier alpha value is -3.06. The molecule has 0 spiro atoms. The minimum absolute atomic E-state index is 0.123. The van der Waals surface area contributed by atoms with Gasteiger partial charge in [-0.25, -0.2) is 4.98 Å². The van der Waals surface area contributed by atoms with Crippen molar-refractivity contribution in [3.05, 3.63) is 70.7 Å². The Morgan fingerprint density at radius 1 is 1.04 bits per heavy atom. The molecule has 26 heavy (non-hydrogen) atoms. The second-order valence-corrected chi connectivity index (χ2v) is 6.77. The van der Waals surface area contributed by atoms with E-state index in [2.05, 4.69) is 15.6 Å². The summed E-state index contributed by atoms with van der Waals surface area (Å²) in [6.07, 6.45) is 1.59. The molecule has 2 aromatic carbocycles. The van der Waals surface area contributed by atoms with Crippen molar-refractivity contribution in [2.24, 2.45) is 0 Å². The van der Waals surface area contributed by atoms with Gasteiger partial charge in [0.25, 0.3) is 5.91 Å². The number of aromatic nitrogens is 1. The summed E-state index contributed by atoms with van der Waals surface area (Å²) in [4.78, 5) is 17.1. The predicted octanol–water partition coefficient (Wildman–Crippen LogP) is 3.41. The quantitative estimate of drug-likeness (QED) is 0.698. The summed E-state index contributed by atoms with van der Waals surface area (Å²) in [7, 11) is 0. The molecule has 0 atom stereocenters. The number of amides is 1. The number of thiazole rings is 1. The smallest absolute Gasteiger partial charge is 0.263 e. The number of anilines is 1. The standard InChI is InChI=1S/C19H17N3O3S/c23-18(20-9-13-4-2-1-3-5-13)17-11-22-19(26-17)21-10-14-6-7-15-16(8-14)25-12-24-15/h1-8,11H,9-10,12H2,(H,20,23)(H,21,22). The molecule has 2 heterocycles. The minimum Gasteiger partial charge on any atom is -0.454 e. The molecular formula is C19H17N3O3S. The Kier molecular flexibility index (Phi) is 4.70. The van der Waals surface area contributed by atoms with Crippen LogP contribution in [0.2, 0.25) is 0 Å². The molecule has 4 rings (SSSR count). The lowest BCUT2D eigenvalue weighted by atomic mass is 10.2. The number of rotatable bonds is 6. The van der Waals surface area contributed by atoms with Crippen LogP contribution in [0, 0.1) is 0 Å². The van der Waals surface area contributed by atoms with Gasteiger partial charge in [0, 0.05) is 13.1 Å². The fraction of sp³-hybridized carbons (Fsp3) is 0.158. The van der Waals surface area contributed by atoms with Crippen LogP contribution >= 0.6 is 11.3 Å². The topological polar surface area (TPSA) is 72.5 Å². The summed E-state index contributed by atoms with van der Waals surface area (Å²) in [5.74, 6) is 1.40. The fourth-order valence-corrected chi connectivity index (χ4v) is 3.28. The van der Waals surface area contributed by atoms with Gasteiger partial charge in [-0.3, -0.25) is 4.79 Å². The normalized spacial score (nSPS) is 12.0. The number of carbonyl (C=O) groups is 1. The van der Waals surface area contributed by atoms with Crippen molar-refractivity contribution >= 4 is 22.4 Å². The Labute approximate surface area is 154 Å². The molecule has 3 aromatic rings. The van der Waals surface area contributed by atoms with E-state index in [0.717, 1.165) is 22.6 Å². The van der Waals surface area contributed by atoms with Gasteiger partial charge in [0.2, 0.25) is 6.79 Å². The van der Waals surface area contributed by atoms with Crippen molar-refractivity contribution in [1.29, 1.82) is 0 Å². The van der Waals surface area contributed by atoms with E-state index >= 15 is 0 Å². The van der Waals surface area contributed by atoms with Crippen LogP contribution in [0.1, 0.15) is 20.8 Å². The van der Waals surface area contributed by atoms with Crippen molar-refractivity contribution < 1.29 is 14.3 Å². The molecule has 0 unspecified atom stereocenters. The van der Waals surface area contributed by atoms with Crippen LogP contribution in [0.4, 0.5) is 5.13 Å². The second kappa shape index (κ2) is 7.45. The third kappa shape index (κ3) is 3.78. The highest BCUT2D eigenvalue weighted by atomic mass is 32.1. The van der Waals surface area contributed by atoms with E-state index in [9.17, 15) is 4.79 Å². The summed E-state index contributed by atoms with van der Waals surface area (Å²) in [6.45, 7) is 1.35. The zero-order chi connectivity index (χ0) is 17.8. The Balaban J connectivity index is 1.32. The van der Waals surface area contributed by atoms with E-state index in [1.165, 1.54) is 11.3 Å². The number of carbonyl (C=O) groups excluding carboxylic acids is 1. The third-order valence-electron chi connectivity index (χ3n) is 3.91. The lowest BCUT2D eigenvalue weighted by Crippen LogP contribution is -2.21. The van der Waals surface area contributed by atoms with Gasteiger partial charge in [-0.15, -0.1) is 0 Å². The predicted molar refractivity (Wildman–Crippen MR) is 99.6 cm³/mol. The molecule has 0 saturated heterocycles. The molecule has 1 aromatic heterocycles. The molecule has 0 radical (unpaired) electrons. The first-order chi connectivity index (χ1) is 12.8. The van der Waals surface area contributed by atoms with E-state index in [-0.39, 0.29) is 12.7 Å². The van der Waals surface area contributed by atoms with E-state index in [0.29, 0.717) is 23.1 Å². The first-order valence-electron chi connectivity index (χ1n) is 8.18. The van der Waals surface area contributed by atoms with Gasteiger partial charge in [-0.2, -0.15) is 0 Å². The van der Waals surface area contributed by atoms with Crippen LogP contribution in [0.25, 0.3) is 0 Å². The minimum atomic E-state index is -0.123. The van der Waals surface area contributed by atoms with Crippen molar-refractivity contribution in [2.75, 3.05) is 12.1 Å². The molecule has 7 heteroatoms. The maximum atomic E-state index is 12.2. The van der Waals surface area contributed by atoms with Crippen LogP contribution in [0.15, 0.2) is 54.7 Å². The van der Waals surface area contributed by atoms with E-state index in [1.807, 2.05) is 48.5 Å². The van der Waals surface area contributed by atoms with Gasteiger partial charge in [0.05, 0.1) is 6.20 Å². The monoisotopic (exact) mass is 367 g/mol. The van der Waals surface area contributed by atoms with Gasteiger partial charge in [-0.05, 0) is 23.3 Å². The summed E-state index contributed by atoms with van der Waals surface area (Å²) >= 11 is 1.33. The van der Waals surface area contributed by atoms with Crippen LogP contribution in [-0.2, 0) is 13.1 Å². The molecule has 132 valence electrons. The summed E-state index contributed by atoms with van der Waals surface area (Å²) in [5, 5.41) is 6.84. The maximum Gasteiger partial charge on any atom is 0.263 e. The molecule has 2 N–H and O–H groups in total. The number of hydrogen-bond acceptors (Lipinski definition) is 6. The Bertz CT molecular complexity index is 911. The van der Waals surface area contributed by atoms with Gasteiger partial charge >= 0.3 is 0 Å². The van der Waals surface area contributed by atoms with Crippen molar-refractivity contribution in [2.45, 2.75) is 13.1 Å². The van der Waals surface area contributed by atoms with Gasteiger partial charge in [-0.1, -0.05) is 47.7 Å².